The van der Waals surface area contributed by atoms with Crippen LogP contribution in [0.1, 0.15) is 25.3 Å². The lowest BCUT2D eigenvalue weighted by molar-refractivity contribution is -0.384. The molecule has 1 aliphatic rings. The van der Waals surface area contributed by atoms with Gasteiger partial charge in [0.15, 0.2) is 5.84 Å². The van der Waals surface area contributed by atoms with E-state index in [1.54, 1.807) is 12.1 Å². The Balaban J connectivity index is 2.40. The average molecular weight is 278 g/mol. The van der Waals surface area contributed by atoms with Crippen LogP contribution in [0.5, 0.6) is 0 Å². The molecule has 108 valence electrons. The lowest BCUT2D eigenvalue weighted by Gasteiger charge is -2.32. The molecule has 7 nitrogen and oxygen atoms in total. The maximum atomic E-state index is 11.2. The van der Waals surface area contributed by atoms with Gasteiger partial charge in [-0.2, -0.15) is 0 Å². The molecule has 0 amide bonds. The van der Waals surface area contributed by atoms with Gasteiger partial charge in [0.25, 0.3) is 5.69 Å². The summed E-state index contributed by atoms with van der Waals surface area (Å²) in [5, 5.41) is 22.8. The SMILES string of the molecule is CC1CCCN(c2ccc(C(N)=NO)cc2[N+](=O)[O-])C1. The van der Waals surface area contributed by atoms with E-state index in [4.69, 9.17) is 10.9 Å². The normalized spacial score (nSPS) is 19.9. The second kappa shape index (κ2) is 5.77. The van der Waals surface area contributed by atoms with Gasteiger partial charge >= 0.3 is 0 Å². The van der Waals surface area contributed by atoms with Crippen LogP contribution in [-0.2, 0) is 0 Å². The summed E-state index contributed by atoms with van der Waals surface area (Å²) in [6.45, 7) is 3.76. The minimum atomic E-state index is -0.428. The van der Waals surface area contributed by atoms with Gasteiger partial charge in [-0.05, 0) is 30.9 Å². The second-order valence-corrected chi connectivity index (χ2v) is 5.14. The van der Waals surface area contributed by atoms with Crippen LogP contribution in [0.3, 0.4) is 0 Å². The van der Waals surface area contributed by atoms with Crippen LogP contribution in [0.2, 0.25) is 0 Å². The third kappa shape index (κ3) is 2.81. The van der Waals surface area contributed by atoms with Crippen LogP contribution < -0.4 is 10.6 Å². The molecular formula is C13H18N4O3. The molecule has 0 radical (unpaired) electrons. The molecule has 0 saturated carbocycles. The number of oxime groups is 1. The molecule has 1 fully saturated rings. The first-order chi connectivity index (χ1) is 9.52. The lowest BCUT2D eigenvalue weighted by Crippen LogP contribution is -2.34. The van der Waals surface area contributed by atoms with E-state index in [1.165, 1.54) is 6.07 Å². The zero-order chi connectivity index (χ0) is 14.7. The van der Waals surface area contributed by atoms with Crippen LogP contribution in [0.4, 0.5) is 11.4 Å². The second-order valence-electron chi connectivity index (χ2n) is 5.14. The average Bonchev–Trinajstić information content (AvgIpc) is 2.45. The van der Waals surface area contributed by atoms with Crippen molar-refractivity contribution in [1.29, 1.82) is 0 Å². The molecular weight excluding hydrogens is 260 g/mol. The maximum absolute atomic E-state index is 11.2. The number of hydrogen-bond acceptors (Lipinski definition) is 5. The third-order valence-corrected chi connectivity index (χ3v) is 3.57. The van der Waals surface area contributed by atoms with Gasteiger partial charge in [0.05, 0.1) is 4.92 Å². The van der Waals surface area contributed by atoms with Crippen molar-refractivity contribution in [2.45, 2.75) is 19.8 Å². The largest absolute Gasteiger partial charge is 0.409 e. The topological polar surface area (TPSA) is 105 Å². The zero-order valence-electron chi connectivity index (χ0n) is 11.3. The Hall–Kier alpha value is -2.31. The highest BCUT2D eigenvalue weighted by molar-refractivity contribution is 5.98. The van der Waals surface area contributed by atoms with Gasteiger partial charge in [-0.3, -0.25) is 10.1 Å². The number of nitrogens with two attached hydrogens (primary N) is 1. The zero-order valence-corrected chi connectivity index (χ0v) is 11.3. The Morgan fingerprint density at radius 2 is 2.35 bits per heavy atom. The van der Waals surface area contributed by atoms with Crippen LogP contribution in [0.25, 0.3) is 0 Å². The monoisotopic (exact) mass is 278 g/mol. The molecule has 1 unspecified atom stereocenters. The minimum absolute atomic E-state index is 0.0109. The van der Waals surface area contributed by atoms with Crippen molar-refractivity contribution in [2.24, 2.45) is 16.8 Å². The van der Waals surface area contributed by atoms with Gasteiger partial charge in [-0.25, -0.2) is 0 Å². The fourth-order valence-corrected chi connectivity index (χ4v) is 2.56. The first-order valence-corrected chi connectivity index (χ1v) is 6.54. The molecule has 1 aliphatic heterocycles. The standard InChI is InChI=1S/C13H18N4O3/c1-9-3-2-6-16(8-9)11-5-4-10(13(14)15-18)7-12(11)17(19)20/h4-5,7,9,18H,2-3,6,8H2,1H3,(H2,14,15). The number of amidine groups is 1. The number of hydrogen-bond donors (Lipinski definition) is 2. The molecule has 0 spiro atoms. The molecule has 1 aromatic carbocycles. The summed E-state index contributed by atoms with van der Waals surface area (Å²) in [6, 6.07) is 4.66. The van der Waals surface area contributed by atoms with Crippen molar-refractivity contribution in [3.8, 4) is 0 Å². The predicted octanol–water partition coefficient (Wildman–Crippen LogP) is 1.93. The Labute approximate surface area is 116 Å². The first kappa shape index (κ1) is 14.1. The molecule has 7 heteroatoms. The number of benzene rings is 1. The number of nitrogens with zero attached hydrogens (tertiary/aromatic N) is 3. The summed E-state index contributed by atoms with van der Waals surface area (Å²) >= 11 is 0. The quantitative estimate of drug-likeness (QED) is 0.289. The molecule has 3 N–H and O–H groups in total. The van der Waals surface area contributed by atoms with E-state index >= 15 is 0 Å². The molecule has 20 heavy (non-hydrogen) atoms. The number of nitro benzene ring substituents is 1. The molecule has 0 aromatic heterocycles. The number of nitro groups is 1. The molecule has 0 bridgehead atoms. The van der Waals surface area contributed by atoms with Crippen LogP contribution in [-0.4, -0.2) is 29.1 Å². The summed E-state index contributed by atoms with van der Waals surface area (Å²) in [4.78, 5) is 12.8. The van der Waals surface area contributed by atoms with E-state index in [2.05, 4.69) is 12.1 Å². The van der Waals surface area contributed by atoms with Crippen LogP contribution in [0.15, 0.2) is 23.4 Å². The van der Waals surface area contributed by atoms with E-state index in [1.807, 2.05) is 4.90 Å². The van der Waals surface area contributed by atoms with E-state index in [0.29, 0.717) is 17.2 Å². The maximum Gasteiger partial charge on any atom is 0.293 e. The Morgan fingerprint density at radius 1 is 1.60 bits per heavy atom. The molecule has 1 heterocycles. The summed E-state index contributed by atoms with van der Waals surface area (Å²) in [7, 11) is 0. The molecule has 1 aromatic rings. The Kier molecular flexibility index (Phi) is 4.07. The van der Waals surface area contributed by atoms with E-state index < -0.39 is 4.92 Å². The summed E-state index contributed by atoms with van der Waals surface area (Å²) in [6.07, 6.45) is 2.17. The van der Waals surface area contributed by atoms with Crippen molar-refractivity contribution in [2.75, 3.05) is 18.0 Å². The van der Waals surface area contributed by atoms with Gasteiger partial charge in [-0.15, -0.1) is 0 Å². The number of piperidine rings is 1. The smallest absolute Gasteiger partial charge is 0.293 e. The highest BCUT2D eigenvalue weighted by atomic mass is 16.6. The van der Waals surface area contributed by atoms with Crippen molar-refractivity contribution >= 4 is 17.2 Å². The van der Waals surface area contributed by atoms with Gasteiger partial charge in [0.2, 0.25) is 0 Å². The molecule has 1 atom stereocenters. The molecule has 1 saturated heterocycles. The Morgan fingerprint density at radius 3 is 2.95 bits per heavy atom. The van der Waals surface area contributed by atoms with Crippen molar-refractivity contribution in [3.05, 3.63) is 33.9 Å². The fourth-order valence-electron chi connectivity index (χ4n) is 2.56. The molecule has 0 aliphatic carbocycles. The predicted molar refractivity (Wildman–Crippen MR) is 76.2 cm³/mol. The minimum Gasteiger partial charge on any atom is -0.409 e. The summed E-state index contributed by atoms with van der Waals surface area (Å²) < 4.78 is 0. The molecule has 2 rings (SSSR count). The summed E-state index contributed by atoms with van der Waals surface area (Å²) in [5.41, 5.74) is 6.40. The first-order valence-electron chi connectivity index (χ1n) is 6.54. The summed E-state index contributed by atoms with van der Waals surface area (Å²) in [5.74, 6) is 0.388. The highest BCUT2D eigenvalue weighted by Gasteiger charge is 2.24. The van der Waals surface area contributed by atoms with Crippen molar-refractivity contribution in [1.82, 2.24) is 0 Å². The van der Waals surface area contributed by atoms with Gasteiger partial charge in [-0.1, -0.05) is 12.1 Å². The lowest BCUT2D eigenvalue weighted by atomic mass is 9.99. The van der Waals surface area contributed by atoms with E-state index in [9.17, 15) is 10.1 Å². The van der Waals surface area contributed by atoms with E-state index in [-0.39, 0.29) is 11.5 Å². The van der Waals surface area contributed by atoms with Gasteiger partial charge < -0.3 is 15.8 Å². The third-order valence-electron chi connectivity index (χ3n) is 3.57. The number of rotatable bonds is 3. The van der Waals surface area contributed by atoms with Crippen LogP contribution in [0, 0.1) is 16.0 Å². The van der Waals surface area contributed by atoms with Crippen molar-refractivity contribution < 1.29 is 10.1 Å². The van der Waals surface area contributed by atoms with Crippen molar-refractivity contribution in [3.63, 3.8) is 0 Å². The van der Waals surface area contributed by atoms with Gasteiger partial charge in [0, 0.05) is 24.7 Å². The van der Waals surface area contributed by atoms with Gasteiger partial charge in [0.1, 0.15) is 5.69 Å². The number of anilines is 1. The Bertz CT molecular complexity index is 544. The van der Waals surface area contributed by atoms with Crippen LogP contribution >= 0.6 is 0 Å². The fraction of sp³-hybridized carbons (Fsp3) is 0.462. The van der Waals surface area contributed by atoms with E-state index in [0.717, 1.165) is 25.9 Å². The highest BCUT2D eigenvalue weighted by Crippen LogP contribution is 2.32.